The van der Waals surface area contributed by atoms with Crippen molar-refractivity contribution in [2.24, 2.45) is 0 Å². The van der Waals surface area contributed by atoms with Gasteiger partial charge in [-0.1, -0.05) is 35.0 Å². The lowest BCUT2D eigenvalue weighted by Gasteiger charge is -2.40. The summed E-state index contributed by atoms with van der Waals surface area (Å²) in [5.74, 6) is -0.371. The van der Waals surface area contributed by atoms with E-state index >= 15 is 0 Å². The summed E-state index contributed by atoms with van der Waals surface area (Å²) >= 11 is 0. The zero-order valence-corrected chi connectivity index (χ0v) is 21.2. The van der Waals surface area contributed by atoms with E-state index in [1.165, 1.54) is 7.11 Å². The fraction of sp³-hybridized carbons (Fsp3) is 0.185. The molecule has 3 N–H and O–H groups in total. The molecule has 10 heteroatoms. The third-order valence-electron chi connectivity index (χ3n) is 6.26. The van der Waals surface area contributed by atoms with Gasteiger partial charge in [0.05, 0.1) is 24.4 Å². The van der Waals surface area contributed by atoms with Crippen LogP contribution >= 0.6 is 10.8 Å². The maximum absolute atomic E-state index is 13.0. The number of nitrogens with one attached hydrogen (secondary N) is 2. The molecule has 1 unspecified atom stereocenters. The molecule has 1 atom stereocenters. The molecule has 9 nitrogen and oxygen atoms in total. The first kappa shape index (κ1) is 24.7. The topological polar surface area (TPSA) is 117 Å². The lowest BCUT2D eigenvalue weighted by molar-refractivity contribution is 0.0542. The maximum atomic E-state index is 13.0. The molecular weight excluding hydrogens is 490 g/mol. The molecular formula is C27H27N5O4S. The third kappa shape index (κ3) is 4.99. The number of hydrogen-bond donors (Lipinski definition) is 3. The van der Waals surface area contributed by atoms with E-state index in [4.69, 9.17) is 4.18 Å². The second kappa shape index (κ2) is 10.2. The number of aryl methyl sites for hydroxylation is 1. The molecule has 190 valence electrons. The van der Waals surface area contributed by atoms with Gasteiger partial charge in [-0.05, 0) is 55.0 Å². The van der Waals surface area contributed by atoms with Crippen molar-refractivity contribution in [3.05, 3.63) is 95.9 Å². The number of carbonyl (C=O) groups excluding carboxylic acids is 2. The van der Waals surface area contributed by atoms with E-state index in [0.29, 0.717) is 40.4 Å². The maximum Gasteiger partial charge on any atom is 0.270 e. The molecule has 3 heterocycles. The molecule has 37 heavy (non-hydrogen) atoms. The lowest BCUT2D eigenvalue weighted by atomic mass is 10.0. The molecule has 1 fully saturated rings. The van der Waals surface area contributed by atoms with Crippen molar-refractivity contribution in [1.29, 1.82) is 0 Å². The molecule has 0 spiro atoms. The molecule has 0 aliphatic carbocycles. The highest BCUT2D eigenvalue weighted by Gasteiger charge is 2.33. The Morgan fingerprint density at radius 2 is 1.81 bits per heavy atom. The molecule has 1 aliphatic rings. The van der Waals surface area contributed by atoms with Gasteiger partial charge in [-0.2, -0.15) is 0 Å². The number of nitrogens with zero attached hydrogens (tertiary/aromatic N) is 3. The smallest absolute Gasteiger partial charge is 0.270 e. The van der Waals surface area contributed by atoms with Crippen LogP contribution in [0.1, 0.15) is 26.4 Å². The fourth-order valence-electron chi connectivity index (χ4n) is 4.22. The average molecular weight is 518 g/mol. The summed E-state index contributed by atoms with van der Waals surface area (Å²) in [5, 5.41) is 3.80. The van der Waals surface area contributed by atoms with Crippen LogP contribution in [0.25, 0.3) is 10.9 Å². The van der Waals surface area contributed by atoms with Crippen LogP contribution in [-0.2, 0) is 4.18 Å². The van der Waals surface area contributed by atoms with Crippen LogP contribution in [0.3, 0.4) is 0 Å². The highest BCUT2D eigenvalue weighted by molar-refractivity contribution is 8.26. The summed E-state index contributed by atoms with van der Waals surface area (Å²) in [7, 11) is -1.45. The van der Waals surface area contributed by atoms with Crippen molar-refractivity contribution in [3.63, 3.8) is 0 Å². The summed E-state index contributed by atoms with van der Waals surface area (Å²) in [6.45, 7) is 2.72. The van der Waals surface area contributed by atoms with Gasteiger partial charge in [-0.25, -0.2) is 0 Å². The minimum Gasteiger partial charge on any atom is -0.344 e. The van der Waals surface area contributed by atoms with E-state index in [2.05, 4.69) is 20.0 Å². The lowest BCUT2D eigenvalue weighted by Crippen LogP contribution is -2.61. The van der Waals surface area contributed by atoms with Gasteiger partial charge in [-0.15, -0.1) is 0 Å². The van der Waals surface area contributed by atoms with E-state index in [1.807, 2.05) is 31.2 Å². The van der Waals surface area contributed by atoms with Gasteiger partial charge in [0.25, 0.3) is 11.8 Å². The summed E-state index contributed by atoms with van der Waals surface area (Å²) < 4.78 is 20.2. The number of amides is 2. The Hall–Kier alpha value is -3.99. The minimum atomic E-state index is -2.90. The van der Waals surface area contributed by atoms with Crippen molar-refractivity contribution in [3.8, 4) is 0 Å². The number of carbonyl (C=O) groups is 2. The van der Waals surface area contributed by atoms with Crippen LogP contribution in [0.5, 0.6) is 0 Å². The fourth-order valence-corrected chi connectivity index (χ4v) is 5.82. The van der Waals surface area contributed by atoms with Gasteiger partial charge in [-0.3, -0.25) is 33.0 Å². The molecule has 1 saturated heterocycles. The molecule has 2 aromatic heterocycles. The highest BCUT2D eigenvalue weighted by atomic mass is 32.3. The van der Waals surface area contributed by atoms with Crippen molar-refractivity contribution in [2.75, 3.05) is 24.9 Å². The Labute approximate surface area is 216 Å². The Morgan fingerprint density at radius 3 is 2.54 bits per heavy atom. The number of rotatable bonds is 7. The van der Waals surface area contributed by atoms with Gasteiger partial charge in [0.1, 0.15) is 10.6 Å². The summed E-state index contributed by atoms with van der Waals surface area (Å²) in [5.41, 5.74) is 2.96. The zero-order valence-electron chi connectivity index (χ0n) is 20.4. The Balaban J connectivity index is 1.26. The molecule has 4 aromatic rings. The number of pyridine rings is 2. The molecule has 5 rings (SSSR count). The van der Waals surface area contributed by atoms with Crippen LogP contribution in [0, 0.1) is 6.92 Å². The predicted molar refractivity (Wildman–Crippen MR) is 143 cm³/mol. The quantitative estimate of drug-likeness (QED) is 0.332. The first-order chi connectivity index (χ1) is 17.9. The van der Waals surface area contributed by atoms with Crippen LogP contribution in [0.2, 0.25) is 0 Å². The Kier molecular flexibility index (Phi) is 6.79. The molecule has 2 aromatic carbocycles. The largest absolute Gasteiger partial charge is 0.344 e. The van der Waals surface area contributed by atoms with Crippen molar-refractivity contribution in [2.45, 2.75) is 17.9 Å². The standard InChI is InChI=1S/C27H27N5O4S/c1-18-15-20(27(34)32-16-21(17-32)30-26(33)23-9-3-4-13-28-23)11-12-22(18)31-37(35,36-2)24-10-5-7-19-8-6-14-29-25(19)24/h3-15,21,31,35H,16-17H2,1-2H3,(H,30,33). The number of para-hydroxylation sites is 1. The molecule has 0 radical (unpaired) electrons. The van der Waals surface area contributed by atoms with Crippen molar-refractivity contribution < 1.29 is 18.3 Å². The average Bonchev–Trinajstić information content (AvgIpc) is 2.91. The van der Waals surface area contributed by atoms with Gasteiger partial charge >= 0.3 is 0 Å². The van der Waals surface area contributed by atoms with Crippen LogP contribution in [0.15, 0.2) is 84.0 Å². The number of benzene rings is 2. The first-order valence-electron chi connectivity index (χ1n) is 11.7. The Morgan fingerprint density at radius 1 is 1.03 bits per heavy atom. The molecule has 0 saturated carbocycles. The van der Waals surface area contributed by atoms with Crippen LogP contribution < -0.4 is 10.0 Å². The SMILES string of the molecule is COS(O)(Nc1ccc(C(=O)N2CC(NC(=O)c3ccccn3)C2)cc1C)c1cccc2cccnc12. The van der Waals surface area contributed by atoms with Crippen LogP contribution in [-0.4, -0.2) is 57.5 Å². The number of aromatic nitrogens is 2. The number of fused-ring (bicyclic) bond motifs is 1. The van der Waals surface area contributed by atoms with Gasteiger partial charge < -0.3 is 10.2 Å². The van der Waals surface area contributed by atoms with Gasteiger partial charge in [0.15, 0.2) is 0 Å². The highest BCUT2D eigenvalue weighted by Crippen LogP contribution is 2.54. The molecule has 0 bridgehead atoms. The monoisotopic (exact) mass is 517 g/mol. The Bertz CT molecular complexity index is 1460. The number of anilines is 1. The van der Waals surface area contributed by atoms with Gasteiger partial charge in [0.2, 0.25) is 0 Å². The second-order valence-corrected chi connectivity index (χ2v) is 10.8. The zero-order chi connectivity index (χ0) is 26.0. The summed E-state index contributed by atoms with van der Waals surface area (Å²) in [6.07, 6.45) is 3.25. The minimum absolute atomic E-state index is 0.116. The second-order valence-electron chi connectivity index (χ2n) is 8.75. The predicted octanol–water partition coefficient (Wildman–Crippen LogP) is 4.42. The van der Waals surface area contributed by atoms with E-state index in [9.17, 15) is 14.1 Å². The van der Waals surface area contributed by atoms with Gasteiger partial charge in [0, 0.05) is 36.4 Å². The van der Waals surface area contributed by atoms with Crippen molar-refractivity contribution in [1.82, 2.24) is 20.2 Å². The van der Waals surface area contributed by atoms with E-state index in [1.54, 1.807) is 59.8 Å². The summed E-state index contributed by atoms with van der Waals surface area (Å²) in [4.78, 5) is 36.0. The normalized spacial score (nSPS) is 15.9. The van der Waals surface area contributed by atoms with E-state index in [0.717, 1.165) is 10.9 Å². The van der Waals surface area contributed by atoms with E-state index in [-0.39, 0.29) is 17.9 Å². The molecule has 2 amide bonds. The van der Waals surface area contributed by atoms with Crippen LogP contribution in [0.4, 0.5) is 5.69 Å². The third-order valence-corrected chi connectivity index (χ3v) is 8.16. The first-order valence-corrected chi connectivity index (χ1v) is 13.2. The molecule has 1 aliphatic heterocycles. The van der Waals surface area contributed by atoms with E-state index < -0.39 is 10.8 Å². The number of hydrogen-bond acceptors (Lipinski definition) is 7. The van der Waals surface area contributed by atoms with Crippen molar-refractivity contribution >= 4 is 39.2 Å². The number of likely N-dealkylation sites (tertiary alicyclic amines) is 1. The summed E-state index contributed by atoms with van der Waals surface area (Å²) in [6, 6.07) is 19.6.